The second kappa shape index (κ2) is 5.07. The summed E-state index contributed by atoms with van der Waals surface area (Å²) in [6.45, 7) is 11.1. The molecule has 3 nitrogen and oxygen atoms in total. The number of rotatable bonds is 4. The monoisotopic (exact) mass is 238 g/mol. The summed E-state index contributed by atoms with van der Waals surface area (Å²) in [6, 6.07) is 1.34. The van der Waals surface area contributed by atoms with Crippen LogP contribution in [-0.4, -0.2) is 54.3 Å². The van der Waals surface area contributed by atoms with E-state index in [1.54, 1.807) is 0 Å². The molecule has 0 radical (unpaired) electrons. The summed E-state index contributed by atoms with van der Waals surface area (Å²) in [6.07, 6.45) is 4.78. The highest BCUT2D eigenvalue weighted by Gasteiger charge is 2.36. The highest BCUT2D eigenvalue weighted by atomic mass is 16.1. The third kappa shape index (κ3) is 2.71. The summed E-state index contributed by atoms with van der Waals surface area (Å²) in [5.74, 6) is 0. The quantitative estimate of drug-likeness (QED) is 0.697. The molecule has 0 aromatic heterocycles. The molecule has 2 heterocycles. The maximum atomic E-state index is 11.2. The van der Waals surface area contributed by atoms with Crippen molar-refractivity contribution in [2.45, 2.75) is 52.1 Å². The van der Waals surface area contributed by atoms with Crippen LogP contribution < -0.4 is 0 Å². The summed E-state index contributed by atoms with van der Waals surface area (Å²) in [4.78, 5) is 16.4. The van der Waals surface area contributed by atoms with Gasteiger partial charge in [-0.2, -0.15) is 0 Å². The molecule has 0 amide bonds. The number of carbonyl (C=O) groups excluding carboxylic acids is 1. The predicted octanol–water partition coefficient (Wildman–Crippen LogP) is 1.77. The van der Waals surface area contributed by atoms with E-state index in [1.807, 2.05) is 0 Å². The van der Waals surface area contributed by atoms with Gasteiger partial charge in [-0.25, -0.2) is 0 Å². The first-order valence-electron chi connectivity index (χ1n) is 7.02. The van der Waals surface area contributed by atoms with E-state index < -0.39 is 0 Å². The van der Waals surface area contributed by atoms with E-state index in [2.05, 4.69) is 30.6 Å². The van der Waals surface area contributed by atoms with Crippen LogP contribution in [0.1, 0.15) is 40.0 Å². The molecular formula is C14H26N2O. The van der Waals surface area contributed by atoms with Crippen LogP contribution in [0.5, 0.6) is 0 Å². The summed E-state index contributed by atoms with van der Waals surface area (Å²) < 4.78 is 0. The lowest BCUT2D eigenvalue weighted by Gasteiger charge is -2.44. The van der Waals surface area contributed by atoms with Crippen LogP contribution in [0, 0.1) is 5.41 Å². The molecule has 0 saturated carbocycles. The minimum absolute atomic E-state index is 0.158. The zero-order valence-electron chi connectivity index (χ0n) is 11.5. The number of fused-ring (bicyclic) bond motifs is 1. The Bertz CT molecular complexity index is 281. The van der Waals surface area contributed by atoms with Gasteiger partial charge < -0.3 is 4.79 Å². The fourth-order valence-electron chi connectivity index (χ4n) is 3.16. The molecule has 0 N–H and O–H groups in total. The van der Waals surface area contributed by atoms with Gasteiger partial charge >= 0.3 is 0 Å². The van der Waals surface area contributed by atoms with E-state index in [1.165, 1.54) is 25.9 Å². The number of aldehydes is 1. The molecule has 0 spiro atoms. The first kappa shape index (κ1) is 13.0. The second-order valence-electron chi connectivity index (χ2n) is 6.19. The Hall–Kier alpha value is -0.410. The van der Waals surface area contributed by atoms with E-state index in [4.69, 9.17) is 0 Å². The standard InChI is InChI=1S/C14H26N2O/c1-4-14(3,11-17)10-16-9-13-6-5-7-15(13)8-12(16)2/h11-13H,4-10H2,1-3H3. The van der Waals surface area contributed by atoms with Crippen LogP contribution in [0.4, 0.5) is 0 Å². The van der Waals surface area contributed by atoms with Gasteiger partial charge in [0.15, 0.2) is 0 Å². The van der Waals surface area contributed by atoms with Crippen LogP contribution in [0.3, 0.4) is 0 Å². The number of hydrogen-bond donors (Lipinski definition) is 0. The van der Waals surface area contributed by atoms with Crippen molar-refractivity contribution in [3.63, 3.8) is 0 Å². The van der Waals surface area contributed by atoms with Crippen LogP contribution in [0.2, 0.25) is 0 Å². The lowest BCUT2D eigenvalue weighted by molar-refractivity contribution is -0.117. The first-order valence-corrected chi connectivity index (χ1v) is 7.02. The van der Waals surface area contributed by atoms with Gasteiger partial charge in [-0.15, -0.1) is 0 Å². The average molecular weight is 238 g/mol. The molecule has 0 aromatic carbocycles. The number of carbonyl (C=O) groups is 1. The van der Waals surface area contributed by atoms with Crippen molar-refractivity contribution in [3.8, 4) is 0 Å². The van der Waals surface area contributed by atoms with Gasteiger partial charge in [0.2, 0.25) is 0 Å². The molecule has 0 bridgehead atoms. The van der Waals surface area contributed by atoms with Gasteiger partial charge in [0.05, 0.1) is 0 Å². The molecule has 3 unspecified atom stereocenters. The van der Waals surface area contributed by atoms with E-state index in [0.29, 0.717) is 6.04 Å². The average Bonchev–Trinajstić information content (AvgIpc) is 2.76. The Morgan fingerprint density at radius 2 is 2.18 bits per heavy atom. The molecule has 0 aromatic rings. The number of nitrogens with zero attached hydrogens (tertiary/aromatic N) is 2. The van der Waals surface area contributed by atoms with E-state index in [-0.39, 0.29) is 5.41 Å². The van der Waals surface area contributed by atoms with Gasteiger partial charge in [0, 0.05) is 37.1 Å². The predicted molar refractivity (Wildman–Crippen MR) is 70.1 cm³/mol. The van der Waals surface area contributed by atoms with Gasteiger partial charge in [0.25, 0.3) is 0 Å². The van der Waals surface area contributed by atoms with E-state index in [0.717, 1.165) is 31.8 Å². The zero-order chi connectivity index (χ0) is 12.5. The first-order chi connectivity index (χ1) is 8.08. The van der Waals surface area contributed by atoms with Crippen molar-refractivity contribution in [1.29, 1.82) is 0 Å². The van der Waals surface area contributed by atoms with Gasteiger partial charge in [0.1, 0.15) is 6.29 Å². The summed E-state index contributed by atoms with van der Waals surface area (Å²) in [5, 5.41) is 0. The smallest absolute Gasteiger partial charge is 0.127 e. The lowest BCUT2D eigenvalue weighted by Crippen LogP contribution is -2.57. The largest absolute Gasteiger partial charge is 0.303 e. The topological polar surface area (TPSA) is 23.6 Å². The summed E-state index contributed by atoms with van der Waals surface area (Å²) in [5.41, 5.74) is -0.158. The molecule has 98 valence electrons. The molecule has 2 aliphatic heterocycles. The molecule has 2 aliphatic rings. The molecule has 2 rings (SSSR count). The molecule has 3 heteroatoms. The number of hydrogen-bond acceptors (Lipinski definition) is 3. The maximum absolute atomic E-state index is 11.2. The Balaban J connectivity index is 1.98. The zero-order valence-corrected chi connectivity index (χ0v) is 11.5. The fourth-order valence-corrected chi connectivity index (χ4v) is 3.16. The van der Waals surface area contributed by atoms with Crippen LogP contribution in [0.15, 0.2) is 0 Å². The third-order valence-corrected chi connectivity index (χ3v) is 4.72. The molecular weight excluding hydrogens is 212 g/mol. The maximum Gasteiger partial charge on any atom is 0.127 e. The van der Waals surface area contributed by atoms with Crippen molar-refractivity contribution in [2.24, 2.45) is 5.41 Å². The van der Waals surface area contributed by atoms with Crippen LogP contribution in [-0.2, 0) is 4.79 Å². The Morgan fingerprint density at radius 1 is 1.41 bits per heavy atom. The molecule has 17 heavy (non-hydrogen) atoms. The second-order valence-corrected chi connectivity index (χ2v) is 6.19. The summed E-state index contributed by atoms with van der Waals surface area (Å²) >= 11 is 0. The minimum Gasteiger partial charge on any atom is -0.303 e. The molecule has 2 fully saturated rings. The minimum atomic E-state index is -0.158. The van der Waals surface area contributed by atoms with Gasteiger partial charge in [-0.05, 0) is 32.7 Å². The summed E-state index contributed by atoms with van der Waals surface area (Å²) in [7, 11) is 0. The highest BCUT2D eigenvalue weighted by Crippen LogP contribution is 2.28. The third-order valence-electron chi connectivity index (χ3n) is 4.72. The van der Waals surface area contributed by atoms with Crippen molar-refractivity contribution in [2.75, 3.05) is 26.2 Å². The molecule has 3 atom stereocenters. The van der Waals surface area contributed by atoms with Crippen molar-refractivity contribution in [1.82, 2.24) is 9.80 Å². The van der Waals surface area contributed by atoms with Crippen LogP contribution >= 0.6 is 0 Å². The number of piperazine rings is 1. The highest BCUT2D eigenvalue weighted by molar-refractivity contribution is 5.58. The normalized spacial score (nSPS) is 34.3. The van der Waals surface area contributed by atoms with Crippen molar-refractivity contribution >= 4 is 6.29 Å². The fraction of sp³-hybridized carbons (Fsp3) is 0.929. The van der Waals surface area contributed by atoms with E-state index in [9.17, 15) is 4.79 Å². The Labute approximate surface area is 105 Å². The molecule has 2 saturated heterocycles. The SMILES string of the molecule is CCC(C)(C=O)CN1CC2CCCN2CC1C. The molecule has 0 aliphatic carbocycles. The van der Waals surface area contributed by atoms with Crippen molar-refractivity contribution < 1.29 is 4.79 Å². The van der Waals surface area contributed by atoms with Crippen molar-refractivity contribution in [3.05, 3.63) is 0 Å². The van der Waals surface area contributed by atoms with Crippen LogP contribution in [0.25, 0.3) is 0 Å². The lowest BCUT2D eigenvalue weighted by atomic mass is 9.87. The van der Waals surface area contributed by atoms with Gasteiger partial charge in [-0.3, -0.25) is 9.80 Å². The van der Waals surface area contributed by atoms with E-state index >= 15 is 0 Å². The Kier molecular flexibility index (Phi) is 3.88. The Morgan fingerprint density at radius 3 is 2.82 bits per heavy atom. The van der Waals surface area contributed by atoms with Gasteiger partial charge in [-0.1, -0.05) is 13.8 Å².